The van der Waals surface area contributed by atoms with Crippen molar-refractivity contribution in [1.82, 2.24) is 9.55 Å². The lowest BCUT2D eigenvalue weighted by Gasteiger charge is -2.38. The fourth-order valence-electron chi connectivity index (χ4n) is 3.19. The van der Waals surface area contributed by atoms with Crippen molar-refractivity contribution in [3.63, 3.8) is 0 Å². The van der Waals surface area contributed by atoms with E-state index in [9.17, 15) is 5.11 Å². The molecule has 17 heavy (non-hydrogen) atoms. The molecule has 2 aromatic rings. The SMILES string of the molecule is OC1CCC1C1c2ccccc2-c2cncn21. The highest BCUT2D eigenvalue weighted by molar-refractivity contribution is 5.69. The van der Waals surface area contributed by atoms with Crippen molar-refractivity contribution >= 4 is 0 Å². The van der Waals surface area contributed by atoms with Gasteiger partial charge in [-0.15, -0.1) is 0 Å². The number of nitrogens with zero attached hydrogens (tertiary/aromatic N) is 2. The topological polar surface area (TPSA) is 38.1 Å². The Labute approximate surface area is 99.7 Å². The standard InChI is InChI=1S/C14H14N2O/c17-13-6-5-11(13)14-10-4-2-1-3-9(10)12-7-15-8-16(12)14/h1-4,7-8,11,13-14,17H,5-6H2. The van der Waals surface area contributed by atoms with Crippen molar-refractivity contribution < 1.29 is 5.11 Å². The smallest absolute Gasteiger partial charge is 0.0956 e. The quantitative estimate of drug-likeness (QED) is 0.809. The van der Waals surface area contributed by atoms with Crippen LogP contribution in [0.3, 0.4) is 0 Å². The minimum absolute atomic E-state index is 0.151. The first-order chi connectivity index (χ1) is 8.36. The molecule has 1 aromatic carbocycles. The van der Waals surface area contributed by atoms with Crippen LogP contribution in [0.25, 0.3) is 11.3 Å². The van der Waals surface area contributed by atoms with Gasteiger partial charge < -0.3 is 9.67 Å². The fourth-order valence-corrected chi connectivity index (χ4v) is 3.19. The number of fused-ring (bicyclic) bond motifs is 3. The van der Waals surface area contributed by atoms with Gasteiger partial charge in [-0.05, 0) is 18.4 Å². The number of hydrogen-bond donors (Lipinski definition) is 1. The van der Waals surface area contributed by atoms with Crippen LogP contribution < -0.4 is 0 Å². The maximum absolute atomic E-state index is 9.92. The van der Waals surface area contributed by atoms with E-state index in [1.54, 1.807) is 0 Å². The molecule has 1 aromatic heterocycles. The summed E-state index contributed by atoms with van der Waals surface area (Å²) in [5.74, 6) is 0.353. The van der Waals surface area contributed by atoms with Crippen LogP contribution in [0.15, 0.2) is 36.8 Å². The zero-order chi connectivity index (χ0) is 11.4. The van der Waals surface area contributed by atoms with Crippen LogP contribution in [-0.4, -0.2) is 20.8 Å². The lowest BCUT2D eigenvalue weighted by atomic mass is 9.74. The summed E-state index contributed by atoms with van der Waals surface area (Å²) in [7, 11) is 0. The second-order valence-electron chi connectivity index (χ2n) is 5.03. The average Bonchev–Trinajstić information content (AvgIpc) is 2.91. The predicted molar refractivity (Wildman–Crippen MR) is 64.5 cm³/mol. The highest BCUT2D eigenvalue weighted by atomic mass is 16.3. The largest absolute Gasteiger partial charge is 0.393 e. The number of aromatic nitrogens is 2. The van der Waals surface area contributed by atoms with E-state index in [1.807, 2.05) is 12.5 Å². The van der Waals surface area contributed by atoms with Gasteiger partial charge >= 0.3 is 0 Å². The van der Waals surface area contributed by atoms with E-state index in [0.717, 1.165) is 12.8 Å². The zero-order valence-corrected chi connectivity index (χ0v) is 9.45. The Hall–Kier alpha value is -1.61. The van der Waals surface area contributed by atoms with Gasteiger partial charge in [0, 0.05) is 11.5 Å². The van der Waals surface area contributed by atoms with Crippen molar-refractivity contribution in [2.45, 2.75) is 25.0 Å². The molecule has 2 heterocycles. The van der Waals surface area contributed by atoms with Crippen LogP contribution in [-0.2, 0) is 0 Å². The van der Waals surface area contributed by atoms with Crippen LogP contribution in [0.5, 0.6) is 0 Å². The van der Waals surface area contributed by atoms with E-state index >= 15 is 0 Å². The Morgan fingerprint density at radius 3 is 2.88 bits per heavy atom. The van der Waals surface area contributed by atoms with Gasteiger partial charge in [0.25, 0.3) is 0 Å². The number of hydrogen-bond acceptors (Lipinski definition) is 2. The molecule has 0 amide bonds. The van der Waals surface area contributed by atoms with Crippen molar-refractivity contribution in [3.8, 4) is 11.3 Å². The van der Waals surface area contributed by atoms with Crippen molar-refractivity contribution in [2.24, 2.45) is 5.92 Å². The lowest BCUT2D eigenvalue weighted by Crippen LogP contribution is -2.37. The molecule has 4 rings (SSSR count). The van der Waals surface area contributed by atoms with Gasteiger partial charge in [0.15, 0.2) is 0 Å². The molecule has 1 fully saturated rings. The fraction of sp³-hybridized carbons (Fsp3) is 0.357. The maximum atomic E-state index is 9.92. The first kappa shape index (κ1) is 9.42. The molecule has 1 N–H and O–H groups in total. The minimum atomic E-state index is -0.151. The van der Waals surface area contributed by atoms with Crippen LogP contribution >= 0.6 is 0 Å². The van der Waals surface area contributed by atoms with Gasteiger partial charge in [-0.25, -0.2) is 4.98 Å². The molecule has 1 saturated carbocycles. The second kappa shape index (κ2) is 3.20. The highest BCUT2D eigenvalue weighted by Crippen LogP contribution is 2.48. The van der Waals surface area contributed by atoms with Gasteiger partial charge in [0.1, 0.15) is 0 Å². The Morgan fingerprint density at radius 1 is 1.24 bits per heavy atom. The monoisotopic (exact) mass is 226 g/mol. The molecule has 0 radical (unpaired) electrons. The first-order valence-corrected chi connectivity index (χ1v) is 6.15. The molecule has 2 aliphatic rings. The van der Waals surface area contributed by atoms with E-state index < -0.39 is 0 Å². The molecule has 3 heteroatoms. The number of aliphatic hydroxyl groups is 1. The molecule has 3 atom stereocenters. The summed E-state index contributed by atoms with van der Waals surface area (Å²) in [4.78, 5) is 4.24. The van der Waals surface area contributed by atoms with Crippen molar-refractivity contribution in [2.75, 3.05) is 0 Å². The number of imidazole rings is 1. The molecule has 3 nitrogen and oxygen atoms in total. The Bertz CT molecular complexity index is 575. The summed E-state index contributed by atoms with van der Waals surface area (Å²) in [6, 6.07) is 8.76. The van der Waals surface area contributed by atoms with Gasteiger partial charge in [-0.3, -0.25) is 0 Å². The van der Waals surface area contributed by atoms with Crippen LogP contribution in [0.4, 0.5) is 0 Å². The maximum Gasteiger partial charge on any atom is 0.0956 e. The van der Waals surface area contributed by atoms with Crippen LogP contribution in [0.2, 0.25) is 0 Å². The van der Waals surface area contributed by atoms with Gasteiger partial charge in [-0.1, -0.05) is 24.3 Å². The average molecular weight is 226 g/mol. The summed E-state index contributed by atoms with van der Waals surface area (Å²) in [5, 5.41) is 9.92. The third-order valence-corrected chi connectivity index (χ3v) is 4.22. The number of benzene rings is 1. The first-order valence-electron chi connectivity index (χ1n) is 6.15. The van der Waals surface area contributed by atoms with Crippen molar-refractivity contribution in [3.05, 3.63) is 42.4 Å². The summed E-state index contributed by atoms with van der Waals surface area (Å²) in [6.07, 6.45) is 5.71. The number of aliphatic hydroxyl groups excluding tert-OH is 1. The third-order valence-electron chi connectivity index (χ3n) is 4.22. The molecule has 3 unspecified atom stereocenters. The molecular formula is C14H14N2O. The summed E-state index contributed by atoms with van der Waals surface area (Å²) in [5.41, 5.74) is 3.80. The molecule has 86 valence electrons. The van der Waals surface area contributed by atoms with Gasteiger partial charge in [0.05, 0.1) is 30.4 Å². The predicted octanol–water partition coefficient (Wildman–Crippen LogP) is 2.22. The Balaban J connectivity index is 1.90. The molecule has 1 aliphatic heterocycles. The zero-order valence-electron chi connectivity index (χ0n) is 9.45. The molecule has 1 aliphatic carbocycles. The van der Waals surface area contributed by atoms with E-state index in [0.29, 0.717) is 5.92 Å². The van der Waals surface area contributed by atoms with Gasteiger partial charge in [0.2, 0.25) is 0 Å². The second-order valence-corrected chi connectivity index (χ2v) is 5.03. The Morgan fingerprint density at radius 2 is 2.12 bits per heavy atom. The highest BCUT2D eigenvalue weighted by Gasteiger charge is 2.41. The Kier molecular flexibility index (Phi) is 1.77. The van der Waals surface area contributed by atoms with E-state index in [2.05, 4.69) is 33.8 Å². The normalized spacial score (nSPS) is 29.6. The molecule has 0 saturated heterocycles. The summed E-state index contributed by atoms with van der Waals surface area (Å²) >= 11 is 0. The van der Waals surface area contributed by atoms with E-state index in [-0.39, 0.29) is 12.1 Å². The minimum Gasteiger partial charge on any atom is -0.393 e. The lowest BCUT2D eigenvalue weighted by molar-refractivity contribution is 0.00415. The van der Waals surface area contributed by atoms with Crippen LogP contribution in [0.1, 0.15) is 24.4 Å². The third kappa shape index (κ3) is 1.12. The van der Waals surface area contributed by atoms with E-state index in [4.69, 9.17) is 0 Å². The van der Waals surface area contributed by atoms with Crippen molar-refractivity contribution in [1.29, 1.82) is 0 Å². The van der Waals surface area contributed by atoms with E-state index in [1.165, 1.54) is 16.8 Å². The molecular weight excluding hydrogens is 212 g/mol. The number of rotatable bonds is 1. The molecule has 0 bridgehead atoms. The molecule has 0 spiro atoms. The van der Waals surface area contributed by atoms with Gasteiger partial charge in [-0.2, -0.15) is 0 Å². The van der Waals surface area contributed by atoms with Crippen LogP contribution in [0, 0.1) is 5.92 Å². The summed E-state index contributed by atoms with van der Waals surface area (Å²) in [6.45, 7) is 0. The summed E-state index contributed by atoms with van der Waals surface area (Å²) < 4.78 is 2.22.